The van der Waals surface area contributed by atoms with E-state index in [0.717, 1.165) is 6.07 Å². The first-order valence-electron chi connectivity index (χ1n) is 6.20. The van der Waals surface area contributed by atoms with Gasteiger partial charge in [-0.3, -0.25) is 4.79 Å². The normalized spacial score (nSPS) is 11.1. The van der Waals surface area contributed by atoms with Gasteiger partial charge in [-0.05, 0) is 30.3 Å². The lowest BCUT2D eigenvalue weighted by atomic mass is 10.2. The van der Waals surface area contributed by atoms with Gasteiger partial charge >= 0.3 is 0 Å². The quantitative estimate of drug-likeness (QED) is 0.859. The van der Waals surface area contributed by atoms with E-state index in [2.05, 4.69) is 5.32 Å². The van der Waals surface area contributed by atoms with Gasteiger partial charge < -0.3 is 10.1 Å². The van der Waals surface area contributed by atoms with Crippen molar-refractivity contribution in [2.45, 2.75) is 4.90 Å². The van der Waals surface area contributed by atoms with E-state index in [0.29, 0.717) is 0 Å². The van der Waals surface area contributed by atoms with Gasteiger partial charge in [0.05, 0.1) is 22.8 Å². The van der Waals surface area contributed by atoms with Crippen LogP contribution in [0.25, 0.3) is 0 Å². The van der Waals surface area contributed by atoms with Crippen LogP contribution in [0, 0.1) is 0 Å². The Hall–Kier alpha value is -1.80. The summed E-state index contributed by atoms with van der Waals surface area (Å²) in [5, 5.41) is 8.16. The molecule has 0 bridgehead atoms. The molecule has 23 heavy (non-hydrogen) atoms. The Bertz CT molecular complexity index is 849. The lowest BCUT2D eigenvalue weighted by Gasteiger charge is -2.11. The molecule has 0 aromatic heterocycles. The number of nitrogens with two attached hydrogens (primary N) is 1. The molecule has 9 heteroatoms. The Morgan fingerprint density at radius 2 is 1.78 bits per heavy atom. The second-order valence-corrected chi connectivity index (χ2v) is 6.81. The van der Waals surface area contributed by atoms with Gasteiger partial charge in [0, 0.05) is 5.56 Å². The summed E-state index contributed by atoms with van der Waals surface area (Å²) in [5.74, 6) is -0.549. The number of anilines is 1. The Morgan fingerprint density at radius 3 is 2.30 bits per heavy atom. The van der Waals surface area contributed by atoms with Gasteiger partial charge in [0.1, 0.15) is 10.6 Å². The molecule has 0 radical (unpaired) electrons. The number of carbonyl (C=O) groups excluding carboxylic acids is 1. The first-order valence-corrected chi connectivity index (χ1v) is 8.50. The van der Waals surface area contributed by atoms with Gasteiger partial charge in [-0.25, -0.2) is 13.6 Å². The largest absolute Gasteiger partial charge is 0.495 e. The van der Waals surface area contributed by atoms with E-state index in [1.807, 2.05) is 0 Å². The van der Waals surface area contributed by atoms with E-state index in [1.165, 1.54) is 19.2 Å². The van der Waals surface area contributed by atoms with Crippen LogP contribution >= 0.6 is 23.2 Å². The number of nitrogens with one attached hydrogen (secondary N) is 1. The number of amides is 1. The van der Waals surface area contributed by atoms with E-state index in [9.17, 15) is 13.2 Å². The van der Waals surface area contributed by atoms with Gasteiger partial charge in [0.15, 0.2) is 0 Å². The van der Waals surface area contributed by atoms with Crippen LogP contribution in [0.1, 0.15) is 10.4 Å². The highest BCUT2D eigenvalue weighted by Crippen LogP contribution is 2.31. The lowest BCUT2D eigenvalue weighted by Crippen LogP contribution is -2.17. The number of hydrogen-bond donors (Lipinski definition) is 2. The minimum Gasteiger partial charge on any atom is -0.495 e. The maximum Gasteiger partial charge on any atom is 0.255 e. The van der Waals surface area contributed by atoms with Crippen molar-refractivity contribution in [2.75, 3.05) is 12.4 Å². The predicted molar refractivity (Wildman–Crippen MR) is 88.8 cm³/mol. The van der Waals surface area contributed by atoms with Crippen LogP contribution in [0.15, 0.2) is 41.3 Å². The molecule has 0 spiro atoms. The second-order valence-electron chi connectivity index (χ2n) is 4.46. The molecule has 0 aliphatic carbocycles. The summed E-state index contributed by atoms with van der Waals surface area (Å²) in [6, 6.07) is 8.61. The van der Waals surface area contributed by atoms with E-state index < -0.39 is 15.9 Å². The highest BCUT2D eigenvalue weighted by Gasteiger charge is 2.19. The molecule has 3 N–H and O–H groups in total. The zero-order chi connectivity index (χ0) is 17.2. The first kappa shape index (κ1) is 17.6. The summed E-state index contributed by atoms with van der Waals surface area (Å²) < 4.78 is 28.1. The fraction of sp³-hybridized carbons (Fsp3) is 0.0714. The number of para-hydroxylation sites is 1. The van der Waals surface area contributed by atoms with Gasteiger partial charge in [-0.15, -0.1) is 0 Å². The summed E-state index contributed by atoms with van der Waals surface area (Å²) >= 11 is 12.0. The van der Waals surface area contributed by atoms with Crippen molar-refractivity contribution < 1.29 is 17.9 Å². The van der Waals surface area contributed by atoms with E-state index in [4.69, 9.17) is 33.1 Å². The van der Waals surface area contributed by atoms with E-state index in [1.54, 1.807) is 18.2 Å². The van der Waals surface area contributed by atoms with Crippen LogP contribution in [0.4, 0.5) is 5.69 Å². The highest BCUT2D eigenvalue weighted by atomic mass is 35.5. The third kappa shape index (κ3) is 3.94. The lowest BCUT2D eigenvalue weighted by molar-refractivity contribution is 0.102. The molecule has 0 heterocycles. The predicted octanol–water partition coefficient (Wildman–Crippen LogP) is 2.90. The van der Waals surface area contributed by atoms with Crippen LogP contribution in [0.5, 0.6) is 5.75 Å². The molecule has 1 amide bonds. The molecule has 2 aromatic carbocycles. The van der Waals surface area contributed by atoms with Gasteiger partial charge in [0.25, 0.3) is 5.91 Å². The van der Waals surface area contributed by atoms with E-state index >= 15 is 0 Å². The average Bonchev–Trinajstić information content (AvgIpc) is 2.49. The van der Waals surface area contributed by atoms with Crippen molar-refractivity contribution >= 4 is 44.8 Å². The number of hydrogen-bond acceptors (Lipinski definition) is 4. The molecule has 0 aliphatic rings. The average molecular weight is 375 g/mol. The van der Waals surface area contributed by atoms with Crippen molar-refractivity contribution in [2.24, 2.45) is 5.14 Å². The number of ether oxygens (including phenoxy) is 1. The number of sulfonamides is 1. The summed E-state index contributed by atoms with van der Waals surface area (Å²) in [6.07, 6.45) is 0. The van der Waals surface area contributed by atoms with Gasteiger partial charge in [0.2, 0.25) is 10.0 Å². The van der Waals surface area contributed by atoms with Crippen LogP contribution in [-0.2, 0) is 10.0 Å². The van der Waals surface area contributed by atoms with Crippen LogP contribution < -0.4 is 15.2 Å². The molecule has 0 saturated carbocycles. The number of rotatable bonds is 4. The minimum absolute atomic E-state index is 0.0415. The van der Waals surface area contributed by atoms with E-state index in [-0.39, 0.29) is 31.9 Å². The fourth-order valence-corrected chi connectivity index (χ4v) is 3.06. The number of primary sulfonamides is 1. The van der Waals surface area contributed by atoms with Crippen molar-refractivity contribution in [3.8, 4) is 5.75 Å². The number of carbonyl (C=O) groups is 1. The monoisotopic (exact) mass is 374 g/mol. The molecule has 6 nitrogen and oxygen atoms in total. The number of methoxy groups -OCH3 is 1. The van der Waals surface area contributed by atoms with Crippen LogP contribution in [0.2, 0.25) is 10.0 Å². The Morgan fingerprint density at radius 1 is 1.17 bits per heavy atom. The van der Waals surface area contributed by atoms with Crippen molar-refractivity contribution in [1.29, 1.82) is 0 Å². The zero-order valence-electron chi connectivity index (χ0n) is 11.8. The topological polar surface area (TPSA) is 98.5 Å². The van der Waals surface area contributed by atoms with Crippen LogP contribution in [0.3, 0.4) is 0 Å². The summed E-state index contributed by atoms with van der Waals surface area (Å²) in [6.45, 7) is 0. The summed E-state index contributed by atoms with van der Waals surface area (Å²) in [4.78, 5) is 12.0. The number of halogens is 2. The highest BCUT2D eigenvalue weighted by molar-refractivity contribution is 7.89. The molecule has 122 valence electrons. The zero-order valence-corrected chi connectivity index (χ0v) is 14.2. The van der Waals surface area contributed by atoms with Gasteiger partial charge in [-0.2, -0.15) is 0 Å². The SMILES string of the molecule is COc1ccc(C(=O)Nc2c(Cl)cccc2Cl)cc1S(N)(=O)=O. The molecule has 2 aromatic rings. The van der Waals surface area contributed by atoms with Crippen LogP contribution in [-0.4, -0.2) is 21.4 Å². The number of benzene rings is 2. The first-order chi connectivity index (χ1) is 10.7. The molecule has 2 rings (SSSR count). The van der Waals surface area contributed by atoms with Crippen molar-refractivity contribution in [3.63, 3.8) is 0 Å². The Labute approximate surface area is 143 Å². The standard InChI is InChI=1S/C14H12Cl2N2O4S/c1-22-11-6-5-8(7-12(11)23(17,20)21)14(19)18-13-9(15)3-2-4-10(13)16/h2-7H,1H3,(H,18,19)(H2,17,20,21). The third-order valence-electron chi connectivity index (χ3n) is 2.93. The smallest absolute Gasteiger partial charge is 0.255 e. The summed E-state index contributed by atoms with van der Waals surface area (Å²) in [7, 11) is -2.75. The summed E-state index contributed by atoms with van der Waals surface area (Å²) in [5.41, 5.74) is 0.291. The van der Waals surface area contributed by atoms with Crippen molar-refractivity contribution in [3.05, 3.63) is 52.0 Å². The molecule has 0 unspecified atom stereocenters. The fourth-order valence-electron chi connectivity index (χ4n) is 1.84. The third-order valence-corrected chi connectivity index (χ3v) is 4.50. The molecule has 0 aliphatic heterocycles. The maximum absolute atomic E-state index is 12.3. The Kier molecular flexibility index (Phi) is 5.16. The maximum atomic E-state index is 12.3. The molecule has 0 fully saturated rings. The molecular weight excluding hydrogens is 363 g/mol. The second kappa shape index (κ2) is 6.76. The molecular formula is C14H12Cl2N2O4S. The Balaban J connectivity index is 2.41. The van der Waals surface area contributed by atoms with Gasteiger partial charge in [-0.1, -0.05) is 29.3 Å². The molecule has 0 atom stereocenters. The minimum atomic E-state index is -4.05. The molecule has 0 saturated heterocycles. The van der Waals surface area contributed by atoms with Crippen molar-refractivity contribution in [1.82, 2.24) is 0 Å².